The third kappa shape index (κ3) is 4.60. The van der Waals surface area contributed by atoms with Gasteiger partial charge in [0.25, 0.3) is 0 Å². The Morgan fingerprint density at radius 1 is 1.29 bits per heavy atom. The van der Waals surface area contributed by atoms with E-state index in [0.29, 0.717) is 25.7 Å². The Labute approximate surface area is 103 Å². The van der Waals surface area contributed by atoms with E-state index >= 15 is 0 Å². The van der Waals surface area contributed by atoms with E-state index in [0.717, 1.165) is 25.9 Å². The molecule has 1 unspecified atom stereocenters. The summed E-state index contributed by atoms with van der Waals surface area (Å²) >= 11 is 0. The van der Waals surface area contributed by atoms with Crippen LogP contribution in [0.2, 0.25) is 0 Å². The van der Waals surface area contributed by atoms with Crippen LogP contribution >= 0.6 is 0 Å². The first-order chi connectivity index (χ1) is 8.16. The molecule has 1 saturated carbocycles. The van der Waals surface area contributed by atoms with Crippen LogP contribution in [0.1, 0.15) is 12.8 Å². The Balaban J connectivity index is 2.47. The second-order valence-electron chi connectivity index (χ2n) is 4.69. The molecule has 0 amide bonds. The van der Waals surface area contributed by atoms with Gasteiger partial charge in [0.05, 0.1) is 19.3 Å². The van der Waals surface area contributed by atoms with E-state index in [-0.39, 0.29) is 0 Å². The average Bonchev–Trinajstić information content (AvgIpc) is 3.16. The summed E-state index contributed by atoms with van der Waals surface area (Å²) in [5.74, 6) is 0.361. The lowest BCUT2D eigenvalue weighted by atomic mass is 9.96. The number of methoxy groups -OCH3 is 2. The van der Waals surface area contributed by atoms with E-state index in [9.17, 15) is 5.26 Å². The van der Waals surface area contributed by atoms with Gasteiger partial charge in [-0.05, 0) is 18.8 Å². The number of nitrogens with two attached hydrogens (primary N) is 1. The van der Waals surface area contributed by atoms with Crippen molar-refractivity contribution >= 4 is 0 Å². The van der Waals surface area contributed by atoms with Crippen molar-refractivity contribution in [2.75, 3.05) is 47.1 Å². The zero-order valence-corrected chi connectivity index (χ0v) is 10.8. The molecular formula is C12H23N3O2. The van der Waals surface area contributed by atoms with Crippen molar-refractivity contribution in [1.82, 2.24) is 4.90 Å². The topological polar surface area (TPSA) is 71.5 Å². The first-order valence-corrected chi connectivity index (χ1v) is 6.06. The van der Waals surface area contributed by atoms with Gasteiger partial charge in [-0.3, -0.25) is 4.90 Å². The molecule has 1 aliphatic rings. The van der Waals surface area contributed by atoms with E-state index in [4.69, 9.17) is 15.2 Å². The molecule has 2 N–H and O–H groups in total. The van der Waals surface area contributed by atoms with Crippen LogP contribution in [0.25, 0.3) is 0 Å². The number of hydrogen-bond donors (Lipinski definition) is 1. The molecule has 0 bridgehead atoms. The Morgan fingerprint density at radius 2 is 1.82 bits per heavy atom. The fraction of sp³-hybridized carbons (Fsp3) is 0.917. The molecule has 5 nitrogen and oxygen atoms in total. The molecular weight excluding hydrogens is 218 g/mol. The van der Waals surface area contributed by atoms with Gasteiger partial charge in [-0.2, -0.15) is 5.26 Å². The largest absolute Gasteiger partial charge is 0.383 e. The molecule has 0 spiro atoms. The van der Waals surface area contributed by atoms with Crippen LogP contribution in [0.5, 0.6) is 0 Å². The molecule has 0 saturated heterocycles. The highest BCUT2D eigenvalue weighted by Crippen LogP contribution is 2.38. The molecule has 1 fully saturated rings. The molecule has 17 heavy (non-hydrogen) atoms. The van der Waals surface area contributed by atoms with Gasteiger partial charge in [0.15, 0.2) is 0 Å². The van der Waals surface area contributed by atoms with E-state index in [1.807, 2.05) is 0 Å². The van der Waals surface area contributed by atoms with Gasteiger partial charge in [0.1, 0.15) is 5.54 Å². The summed E-state index contributed by atoms with van der Waals surface area (Å²) in [6.07, 6.45) is 2.15. The van der Waals surface area contributed by atoms with Gasteiger partial charge >= 0.3 is 0 Å². The van der Waals surface area contributed by atoms with Crippen molar-refractivity contribution in [2.24, 2.45) is 11.7 Å². The normalized spacial score (nSPS) is 19.0. The molecule has 0 heterocycles. The molecule has 1 atom stereocenters. The van der Waals surface area contributed by atoms with E-state index in [2.05, 4.69) is 11.0 Å². The monoisotopic (exact) mass is 241 g/mol. The quantitative estimate of drug-likeness (QED) is 0.625. The van der Waals surface area contributed by atoms with Crippen molar-refractivity contribution in [3.05, 3.63) is 0 Å². The lowest BCUT2D eigenvalue weighted by Crippen LogP contribution is -2.52. The van der Waals surface area contributed by atoms with Crippen molar-refractivity contribution in [2.45, 2.75) is 18.4 Å². The summed E-state index contributed by atoms with van der Waals surface area (Å²) in [5, 5.41) is 9.23. The van der Waals surface area contributed by atoms with Crippen LogP contribution in [-0.2, 0) is 9.47 Å². The fourth-order valence-corrected chi connectivity index (χ4v) is 1.93. The molecule has 0 aromatic rings. The number of rotatable bonds is 9. The second-order valence-corrected chi connectivity index (χ2v) is 4.69. The molecule has 1 rings (SSSR count). The number of nitrogens with zero attached hydrogens (tertiary/aromatic N) is 2. The molecule has 1 aliphatic carbocycles. The van der Waals surface area contributed by atoms with Crippen LogP contribution in [0, 0.1) is 17.2 Å². The maximum absolute atomic E-state index is 9.23. The minimum absolute atomic E-state index is 0.361. The fourth-order valence-electron chi connectivity index (χ4n) is 1.93. The van der Waals surface area contributed by atoms with Crippen LogP contribution < -0.4 is 5.73 Å². The zero-order chi connectivity index (χ0) is 12.7. The van der Waals surface area contributed by atoms with Gasteiger partial charge in [0, 0.05) is 33.9 Å². The zero-order valence-electron chi connectivity index (χ0n) is 10.8. The molecule has 0 radical (unpaired) electrons. The summed E-state index contributed by atoms with van der Waals surface area (Å²) in [4.78, 5) is 2.15. The standard InChI is InChI=1S/C12H23N3O2/c1-16-7-5-15(6-8-17-2)10-12(14,9-13)11-3-4-11/h11H,3-8,10,14H2,1-2H3. The molecule has 0 aliphatic heterocycles. The van der Waals surface area contributed by atoms with E-state index < -0.39 is 5.54 Å². The van der Waals surface area contributed by atoms with Crippen LogP contribution in [0.4, 0.5) is 0 Å². The maximum Gasteiger partial charge on any atom is 0.119 e. The number of hydrogen-bond acceptors (Lipinski definition) is 5. The van der Waals surface area contributed by atoms with E-state index in [1.165, 1.54) is 0 Å². The summed E-state index contributed by atoms with van der Waals surface area (Å²) in [6, 6.07) is 2.28. The highest BCUT2D eigenvalue weighted by Gasteiger charge is 2.43. The Morgan fingerprint density at radius 3 is 2.18 bits per heavy atom. The minimum atomic E-state index is -0.707. The summed E-state index contributed by atoms with van der Waals surface area (Å²) in [7, 11) is 3.35. The number of nitriles is 1. The van der Waals surface area contributed by atoms with Crippen molar-refractivity contribution in [1.29, 1.82) is 5.26 Å². The highest BCUT2D eigenvalue weighted by atomic mass is 16.5. The summed E-state index contributed by atoms with van der Waals surface area (Å²) in [5.41, 5.74) is 5.46. The summed E-state index contributed by atoms with van der Waals surface area (Å²) < 4.78 is 10.1. The van der Waals surface area contributed by atoms with Gasteiger partial charge in [0.2, 0.25) is 0 Å². The SMILES string of the molecule is COCCN(CCOC)CC(N)(C#N)C1CC1. The second kappa shape index (κ2) is 6.92. The Kier molecular flexibility index (Phi) is 5.86. The minimum Gasteiger partial charge on any atom is -0.383 e. The Bertz CT molecular complexity index is 255. The average molecular weight is 241 g/mol. The van der Waals surface area contributed by atoms with E-state index in [1.54, 1.807) is 14.2 Å². The first kappa shape index (κ1) is 14.4. The predicted molar refractivity (Wildman–Crippen MR) is 65.4 cm³/mol. The van der Waals surface area contributed by atoms with Crippen molar-refractivity contribution in [3.63, 3.8) is 0 Å². The Hall–Kier alpha value is -0.670. The van der Waals surface area contributed by atoms with Gasteiger partial charge < -0.3 is 15.2 Å². The first-order valence-electron chi connectivity index (χ1n) is 6.06. The predicted octanol–water partition coefficient (Wildman–Crippen LogP) is 0.212. The molecule has 0 aromatic carbocycles. The highest BCUT2D eigenvalue weighted by molar-refractivity contribution is 5.14. The third-order valence-corrected chi connectivity index (χ3v) is 3.22. The molecule has 5 heteroatoms. The third-order valence-electron chi connectivity index (χ3n) is 3.22. The van der Waals surface area contributed by atoms with Gasteiger partial charge in [-0.15, -0.1) is 0 Å². The summed E-state index contributed by atoms with van der Waals surface area (Å²) in [6.45, 7) is 3.47. The number of ether oxygens (including phenoxy) is 2. The van der Waals surface area contributed by atoms with Crippen molar-refractivity contribution < 1.29 is 9.47 Å². The lowest BCUT2D eigenvalue weighted by molar-refractivity contribution is 0.102. The van der Waals surface area contributed by atoms with Crippen molar-refractivity contribution in [3.8, 4) is 6.07 Å². The van der Waals surface area contributed by atoms with Gasteiger partial charge in [-0.1, -0.05) is 0 Å². The van der Waals surface area contributed by atoms with Crippen LogP contribution in [0.15, 0.2) is 0 Å². The lowest BCUT2D eigenvalue weighted by Gasteiger charge is -2.30. The molecule has 98 valence electrons. The smallest absolute Gasteiger partial charge is 0.119 e. The maximum atomic E-state index is 9.23. The van der Waals surface area contributed by atoms with Crippen LogP contribution in [0.3, 0.4) is 0 Å². The van der Waals surface area contributed by atoms with Gasteiger partial charge in [-0.25, -0.2) is 0 Å². The molecule has 0 aromatic heterocycles. The van der Waals surface area contributed by atoms with Crippen LogP contribution in [-0.4, -0.2) is 57.5 Å².